The fourth-order valence-corrected chi connectivity index (χ4v) is 2.90. The lowest BCUT2D eigenvalue weighted by Crippen LogP contribution is -2.31. The van der Waals surface area contributed by atoms with E-state index in [0.717, 1.165) is 17.0 Å². The zero-order chi connectivity index (χ0) is 16.1. The Morgan fingerprint density at radius 2 is 1.87 bits per heavy atom. The van der Waals surface area contributed by atoms with Crippen molar-refractivity contribution in [2.24, 2.45) is 0 Å². The first-order valence-corrected chi connectivity index (χ1v) is 7.38. The van der Waals surface area contributed by atoms with E-state index in [1.165, 1.54) is 0 Å². The molecule has 0 saturated heterocycles. The molecular weight excluding hydrogens is 290 g/mol. The van der Waals surface area contributed by atoms with Gasteiger partial charge in [0, 0.05) is 11.6 Å². The largest absolute Gasteiger partial charge is 0.873 e. The maximum absolute atomic E-state index is 12.3. The fraction of sp³-hybridized carbons (Fsp3) is 0.176. The summed E-state index contributed by atoms with van der Waals surface area (Å²) in [5, 5.41) is 17.3. The van der Waals surface area contributed by atoms with Crippen molar-refractivity contribution in [3.63, 3.8) is 0 Å². The highest BCUT2D eigenvalue weighted by Gasteiger charge is 2.23. The van der Waals surface area contributed by atoms with Gasteiger partial charge in [0.25, 0.3) is 0 Å². The molecule has 3 aromatic heterocycles. The first-order valence-electron chi connectivity index (χ1n) is 7.38. The zero-order valence-corrected chi connectivity index (χ0v) is 13.1. The summed E-state index contributed by atoms with van der Waals surface area (Å²) in [6, 6.07) is 11.6. The topological polar surface area (TPSA) is 70.2 Å². The minimum Gasteiger partial charge on any atom is -0.873 e. The Morgan fingerprint density at radius 1 is 1.13 bits per heavy atom. The van der Waals surface area contributed by atoms with E-state index in [9.17, 15) is 5.11 Å². The van der Waals surface area contributed by atoms with Crippen molar-refractivity contribution in [1.82, 2.24) is 19.5 Å². The third-order valence-electron chi connectivity index (χ3n) is 3.85. The number of rotatable bonds is 1. The SMILES string of the molecule is CC([O-])=c1c(-c2ccccc2)nc2n[n+]3c(C)cc(C)nc3n12. The van der Waals surface area contributed by atoms with Crippen LogP contribution in [0.25, 0.3) is 28.6 Å². The molecule has 4 aromatic rings. The van der Waals surface area contributed by atoms with Gasteiger partial charge in [-0.05, 0) is 18.9 Å². The molecule has 0 amide bonds. The maximum Gasteiger partial charge on any atom is 0.431 e. The molecule has 0 atom stereocenters. The predicted octanol–water partition coefficient (Wildman–Crippen LogP) is 0.354. The number of aromatic nitrogens is 5. The number of fused-ring (bicyclic) bond motifs is 3. The van der Waals surface area contributed by atoms with Crippen molar-refractivity contribution < 1.29 is 9.62 Å². The number of hydrogen-bond donors (Lipinski definition) is 0. The average Bonchev–Trinajstić information content (AvgIpc) is 3.05. The van der Waals surface area contributed by atoms with Gasteiger partial charge in [-0.3, -0.25) is 0 Å². The average molecular weight is 305 g/mol. The van der Waals surface area contributed by atoms with Crippen LogP contribution in [-0.4, -0.2) is 19.5 Å². The normalized spacial score (nSPS) is 13.0. The molecule has 0 unspecified atom stereocenters. The van der Waals surface area contributed by atoms with Crippen LogP contribution < -0.4 is 15.0 Å². The highest BCUT2D eigenvalue weighted by Crippen LogP contribution is 2.15. The fourth-order valence-electron chi connectivity index (χ4n) is 2.90. The van der Waals surface area contributed by atoms with Crippen molar-refractivity contribution >= 4 is 17.3 Å². The van der Waals surface area contributed by atoms with Crippen LogP contribution in [0.15, 0.2) is 36.4 Å². The summed E-state index contributed by atoms with van der Waals surface area (Å²) in [5.41, 5.74) is 3.37. The van der Waals surface area contributed by atoms with Crippen molar-refractivity contribution in [1.29, 1.82) is 0 Å². The Kier molecular flexibility index (Phi) is 2.81. The summed E-state index contributed by atoms with van der Waals surface area (Å²) in [5.74, 6) is 1.03. The third kappa shape index (κ3) is 1.95. The molecule has 0 saturated carbocycles. The van der Waals surface area contributed by atoms with Gasteiger partial charge in [-0.25, -0.2) is 0 Å². The van der Waals surface area contributed by atoms with E-state index in [1.807, 2.05) is 50.2 Å². The Hall–Kier alpha value is -3.02. The van der Waals surface area contributed by atoms with Crippen molar-refractivity contribution in [3.05, 3.63) is 53.1 Å². The highest BCUT2D eigenvalue weighted by atomic mass is 16.3. The van der Waals surface area contributed by atoms with Crippen molar-refractivity contribution in [2.45, 2.75) is 20.8 Å². The number of benzene rings is 1. The summed E-state index contributed by atoms with van der Waals surface area (Å²) < 4.78 is 3.46. The summed E-state index contributed by atoms with van der Waals surface area (Å²) in [4.78, 5) is 9.13. The van der Waals surface area contributed by atoms with Gasteiger partial charge in [-0.1, -0.05) is 48.0 Å². The monoisotopic (exact) mass is 305 g/mol. The highest BCUT2D eigenvalue weighted by molar-refractivity contribution is 5.65. The quantitative estimate of drug-likeness (QED) is 0.476. The van der Waals surface area contributed by atoms with Crippen LogP contribution in [0.4, 0.5) is 0 Å². The van der Waals surface area contributed by atoms with Crippen LogP contribution in [0.5, 0.6) is 0 Å². The summed E-state index contributed by atoms with van der Waals surface area (Å²) in [6.45, 7) is 5.43. The molecule has 1 aromatic carbocycles. The molecule has 0 aliphatic rings. The van der Waals surface area contributed by atoms with Gasteiger partial charge >= 0.3 is 11.6 Å². The van der Waals surface area contributed by atoms with E-state index >= 15 is 0 Å². The van der Waals surface area contributed by atoms with Gasteiger partial charge in [0.05, 0.1) is 0 Å². The predicted molar refractivity (Wildman–Crippen MR) is 83.2 cm³/mol. The maximum atomic E-state index is 12.3. The second-order valence-corrected chi connectivity index (χ2v) is 5.62. The molecule has 0 fully saturated rings. The second-order valence-electron chi connectivity index (χ2n) is 5.62. The summed E-state index contributed by atoms with van der Waals surface area (Å²) in [7, 11) is 0. The molecule has 23 heavy (non-hydrogen) atoms. The number of aryl methyl sites for hydroxylation is 2. The van der Waals surface area contributed by atoms with Gasteiger partial charge in [0.15, 0.2) is 0 Å². The summed E-state index contributed by atoms with van der Waals surface area (Å²) in [6.07, 6.45) is 0. The lowest BCUT2D eigenvalue weighted by Gasteiger charge is -2.03. The first-order chi connectivity index (χ1) is 11.1. The number of imidazole rings is 1. The molecule has 3 heterocycles. The zero-order valence-electron chi connectivity index (χ0n) is 13.1. The smallest absolute Gasteiger partial charge is 0.431 e. The lowest BCUT2D eigenvalue weighted by molar-refractivity contribution is -0.585. The van der Waals surface area contributed by atoms with E-state index in [4.69, 9.17) is 0 Å². The van der Waals surface area contributed by atoms with Crippen molar-refractivity contribution in [2.75, 3.05) is 0 Å². The van der Waals surface area contributed by atoms with Crippen LogP contribution in [0.3, 0.4) is 0 Å². The molecule has 114 valence electrons. The van der Waals surface area contributed by atoms with Gasteiger partial charge in [-0.2, -0.15) is 9.38 Å². The van der Waals surface area contributed by atoms with E-state index < -0.39 is 0 Å². The molecular formula is C17H15N5O. The molecule has 0 N–H and O–H groups in total. The van der Waals surface area contributed by atoms with Crippen molar-refractivity contribution in [3.8, 4) is 11.3 Å². The van der Waals surface area contributed by atoms with Crippen LogP contribution in [0.1, 0.15) is 18.3 Å². The first kappa shape index (κ1) is 13.6. The lowest BCUT2D eigenvalue weighted by atomic mass is 10.1. The molecule has 6 heteroatoms. The number of nitrogens with zero attached hydrogens (tertiary/aromatic N) is 5. The van der Waals surface area contributed by atoms with Gasteiger partial charge in [0.1, 0.15) is 22.4 Å². The van der Waals surface area contributed by atoms with Gasteiger partial charge in [-0.15, -0.1) is 4.52 Å². The van der Waals surface area contributed by atoms with Crippen LogP contribution in [0.2, 0.25) is 0 Å². The molecule has 6 nitrogen and oxygen atoms in total. The number of hydrogen-bond acceptors (Lipinski definition) is 4. The molecule has 0 aliphatic heterocycles. The van der Waals surface area contributed by atoms with Crippen LogP contribution in [0, 0.1) is 13.8 Å². The van der Waals surface area contributed by atoms with Crippen LogP contribution >= 0.6 is 0 Å². The van der Waals surface area contributed by atoms with Gasteiger partial charge < -0.3 is 5.11 Å². The Bertz CT molecular complexity index is 1090. The Labute approximate surface area is 132 Å². The Morgan fingerprint density at radius 3 is 2.57 bits per heavy atom. The van der Waals surface area contributed by atoms with Gasteiger partial charge in [0.2, 0.25) is 0 Å². The second kappa shape index (κ2) is 4.74. The van der Waals surface area contributed by atoms with E-state index in [2.05, 4.69) is 15.1 Å². The van der Waals surface area contributed by atoms with E-state index in [-0.39, 0.29) is 5.76 Å². The molecule has 0 spiro atoms. The minimum absolute atomic E-state index is 0.0628. The standard InChI is InChI=1S/C17H15N5O/c1-10-9-11(2)22-17(18-10)21-15(12(3)23)14(19-16(21)20-22)13-7-5-4-6-8-13/h4-9H,1-3H3. The molecule has 0 bridgehead atoms. The minimum atomic E-state index is -0.0628. The molecule has 0 radical (unpaired) electrons. The Balaban J connectivity index is 2.21. The van der Waals surface area contributed by atoms with E-state index in [0.29, 0.717) is 22.6 Å². The third-order valence-corrected chi connectivity index (χ3v) is 3.85. The van der Waals surface area contributed by atoms with E-state index in [1.54, 1.807) is 15.8 Å². The van der Waals surface area contributed by atoms with Crippen LogP contribution in [-0.2, 0) is 0 Å². The molecule has 4 rings (SSSR count). The molecule has 0 aliphatic carbocycles. The summed E-state index contributed by atoms with van der Waals surface area (Å²) >= 11 is 0.